The standard InChI is InChI=1S/C18H20ClNO3S/c1-22-16-12-15(17(23-2)11-14(16)19)20-18(21)9-6-10-24-13-7-4-3-5-8-13/h3-5,7-8,11-12H,6,9-10H2,1-2H3,(H,20,21). The third-order valence-corrected chi connectivity index (χ3v) is 4.70. The highest BCUT2D eigenvalue weighted by molar-refractivity contribution is 7.99. The van der Waals surface area contributed by atoms with Gasteiger partial charge in [-0.05, 0) is 24.3 Å². The van der Waals surface area contributed by atoms with Gasteiger partial charge in [-0.2, -0.15) is 0 Å². The number of benzene rings is 2. The summed E-state index contributed by atoms with van der Waals surface area (Å²) in [4.78, 5) is 13.3. The Labute approximate surface area is 151 Å². The molecule has 0 atom stereocenters. The summed E-state index contributed by atoms with van der Waals surface area (Å²) >= 11 is 7.80. The van der Waals surface area contributed by atoms with Gasteiger partial charge in [0.25, 0.3) is 0 Å². The molecule has 2 aromatic carbocycles. The molecule has 2 aromatic rings. The van der Waals surface area contributed by atoms with Crippen molar-refractivity contribution in [3.05, 3.63) is 47.5 Å². The molecule has 0 aliphatic carbocycles. The average molecular weight is 366 g/mol. The number of halogens is 1. The molecule has 128 valence electrons. The molecule has 0 saturated heterocycles. The monoisotopic (exact) mass is 365 g/mol. The van der Waals surface area contributed by atoms with Crippen LogP contribution in [0, 0.1) is 0 Å². The van der Waals surface area contributed by atoms with Gasteiger partial charge in [0.15, 0.2) is 0 Å². The second-order valence-corrected chi connectivity index (χ2v) is 6.58. The number of amides is 1. The fourth-order valence-electron chi connectivity index (χ4n) is 2.11. The number of hydrogen-bond acceptors (Lipinski definition) is 4. The Hall–Kier alpha value is -1.85. The van der Waals surface area contributed by atoms with Crippen LogP contribution in [0.2, 0.25) is 5.02 Å². The first-order valence-corrected chi connectivity index (χ1v) is 8.89. The Bertz CT molecular complexity index is 679. The average Bonchev–Trinajstić information content (AvgIpc) is 2.60. The van der Waals surface area contributed by atoms with E-state index in [2.05, 4.69) is 17.4 Å². The maximum Gasteiger partial charge on any atom is 0.224 e. The Morgan fingerprint density at radius 1 is 1.12 bits per heavy atom. The number of thioether (sulfide) groups is 1. The largest absolute Gasteiger partial charge is 0.495 e. The van der Waals surface area contributed by atoms with Crippen LogP contribution in [0.4, 0.5) is 5.69 Å². The molecule has 0 fully saturated rings. The van der Waals surface area contributed by atoms with Crippen LogP contribution in [0.1, 0.15) is 12.8 Å². The molecule has 0 saturated carbocycles. The van der Waals surface area contributed by atoms with Gasteiger partial charge >= 0.3 is 0 Å². The summed E-state index contributed by atoms with van der Waals surface area (Å²) in [6.45, 7) is 0. The zero-order valence-corrected chi connectivity index (χ0v) is 15.2. The van der Waals surface area contributed by atoms with Crippen LogP contribution >= 0.6 is 23.4 Å². The molecule has 4 nitrogen and oxygen atoms in total. The number of carbonyl (C=O) groups excluding carboxylic acids is 1. The number of carbonyl (C=O) groups is 1. The summed E-state index contributed by atoms with van der Waals surface area (Å²) in [5.41, 5.74) is 0.555. The minimum atomic E-state index is -0.0636. The van der Waals surface area contributed by atoms with Crippen molar-refractivity contribution < 1.29 is 14.3 Å². The zero-order chi connectivity index (χ0) is 17.4. The molecule has 0 radical (unpaired) electrons. The van der Waals surface area contributed by atoms with Crippen molar-refractivity contribution in [1.82, 2.24) is 0 Å². The van der Waals surface area contributed by atoms with Crippen molar-refractivity contribution in [3.63, 3.8) is 0 Å². The smallest absolute Gasteiger partial charge is 0.224 e. The highest BCUT2D eigenvalue weighted by Gasteiger charge is 2.12. The molecule has 0 bridgehead atoms. The summed E-state index contributed by atoms with van der Waals surface area (Å²) in [5, 5.41) is 3.29. The van der Waals surface area contributed by atoms with Gasteiger partial charge in [0.2, 0.25) is 5.91 Å². The lowest BCUT2D eigenvalue weighted by Crippen LogP contribution is -2.12. The van der Waals surface area contributed by atoms with Crippen molar-refractivity contribution in [2.45, 2.75) is 17.7 Å². The van der Waals surface area contributed by atoms with Crippen molar-refractivity contribution in [3.8, 4) is 11.5 Å². The molecule has 0 aliphatic rings. The van der Waals surface area contributed by atoms with E-state index in [1.165, 1.54) is 19.1 Å². The van der Waals surface area contributed by atoms with Crippen LogP contribution in [0.3, 0.4) is 0 Å². The molecule has 0 aromatic heterocycles. The first-order valence-electron chi connectivity index (χ1n) is 7.53. The van der Waals surface area contributed by atoms with Crippen LogP contribution < -0.4 is 14.8 Å². The summed E-state index contributed by atoms with van der Waals surface area (Å²) in [6.07, 6.45) is 1.23. The van der Waals surface area contributed by atoms with E-state index in [0.717, 1.165) is 12.2 Å². The van der Waals surface area contributed by atoms with Gasteiger partial charge in [0.1, 0.15) is 11.5 Å². The molecule has 1 amide bonds. The second-order valence-electron chi connectivity index (χ2n) is 5.00. The number of nitrogens with one attached hydrogen (secondary N) is 1. The molecule has 0 unspecified atom stereocenters. The van der Waals surface area contributed by atoms with E-state index in [0.29, 0.717) is 28.6 Å². The predicted molar refractivity (Wildman–Crippen MR) is 99.6 cm³/mol. The Kier molecular flexibility index (Phi) is 7.28. The fraction of sp³-hybridized carbons (Fsp3) is 0.278. The summed E-state index contributed by atoms with van der Waals surface area (Å²) in [5.74, 6) is 1.82. The molecule has 0 heterocycles. The van der Waals surface area contributed by atoms with Crippen LogP contribution in [0.25, 0.3) is 0 Å². The van der Waals surface area contributed by atoms with E-state index in [9.17, 15) is 4.79 Å². The Balaban J connectivity index is 1.85. The zero-order valence-electron chi connectivity index (χ0n) is 13.7. The molecule has 24 heavy (non-hydrogen) atoms. The third kappa shape index (κ3) is 5.35. The normalized spacial score (nSPS) is 10.3. The van der Waals surface area contributed by atoms with Crippen molar-refractivity contribution >= 4 is 35.0 Å². The number of anilines is 1. The van der Waals surface area contributed by atoms with E-state index >= 15 is 0 Å². The fourth-order valence-corrected chi connectivity index (χ4v) is 3.22. The highest BCUT2D eigenvalue weighted by atomic mass is 35.5. The Morgan fingerprint density at radius 2 is 1.83 bits per heavy atom. The quantitative estimate of drug-likeness (QED) is 0.535. The lowest BCUT2D eigenvalue weighted by Gasteiger charge is -2.13. The topological polar surface area (TPSA) is 47.6 Å². The highest BCUT2D eigenvalue weighted by Crippen LogP contribution is 2.35. The maximum atomic E-state index is 12.1. The van der Waals surface area contributed by atoms with E-state index in [1.807, 2.05) is 18.2 Å². The first-order chi connectivity index (χ1) is 11.6. The van der Waals surface area contributed by atoms with Crippen LogP contribution in [0.15, 0.2) is 47.4 Å². The molecular weight excluding hydrogens is 346 g/mol. The summed E-state index contributed by atoms with van der Waals surface area (Å²) in [7, 11) is 3.06. The lowest BCUT2D eigenvalue weighted by atomic mass is 10.2. The third-order valence-electron chi connectivity index (χ3n) is 3.31. The molecule has 0 spiro atoms. The summed E-state index contributed by atoms with van der Waals surface area (Å²) < 4.78 is 10.4. The van der Waals surface area contributed by atoms with E-state index in [4.69, 9.17) is 21.1 Å². The van der Waals surface area contributed by atoms with E-state index < -0.39 is 0 Å². The van der Waals surface area contributed by atoms with Gasteiger partial charge in [-0.1, -0.05) is 29.8 Å². The van der Waals surface area contributed by atoms with Gasteiger partial charge < -0.3 is 14.8 Å². The van der Waals surface area contributed by atoms with Crippen LogP contribution in [0.5, 0.6) is 11.5 Å². The minimum absolute atomic E-state index is 0.0636. The van der Waals surface area contributed by atoms with E-state index in [1.54, 1.807) is 23.9 Å². The van der Waals surface area contributed by atoms with Gasteiger partial charge in [-0.25, -0.2) is 0 Å². The number of hydrogen-bond donors (Lipinski definition) is 1. The molecule has 1 N–H and O–H groups in total. The van der Waals surface area contributed by atoms with Gasteiger partial charge in [0, 0.05) is 23.4 Å². The van der Waals surface area contributed by atoms with Crippen molar-refractivity contribution in [2.75, 3.05) is 25.3 Å². The van der Waals surface area contributed by atoms with Gasteiger partial charge in [0.05, 0.1) is 24.9 Å². The Morgan fingerprint density at radius 3 is 2.50 bits per heavy atom. The van der Waals surface area contributed by atoms with Gasteiger partial charge in [-0.15, -0.1) is 11.8 Å². The number of ether oxygens (including phenoxy) is 2. The maximum absolute atomic E-state index is 12.1. The van der Waals surface area contributed by atoms with Crippen LogP contribution in [-0.4, -0.2) is 25.9 Å². The second kappa shape index (κ2) is 9.45. The summed E-state index contributed by atoms with van der Waals surface area (Å²) in [6, 6.07) is 13.4. The lowest BCUT2D eigenvalue weighted by molar-refractivity contribution is -0.116. The molecule has 0 aliphatic heterocycles. The first kappa shape index (κ1) is 18.5. The predicted octanol–water partition coefficient (Wildman–Crippen LogP) is 4.87. The van der Waals surface area contributed by atoms with Crippen molar-refractivity contribution in [2.24, 2.45) is 0 Å². The SMILES string of the molecule is COc1cc(NC(=O)CCCSc2ccccc2)c(OC)cc1Cl. The van der Waals surface area contributed by atoms with Crippen molar-refractivity contribution in [1.29, 1.82) is 0 Å². The number of methoxy groups -OCH3 is 2. The molecule has 2 rings (SSSR count). The molecule has 6 heteroatoms. The van der Waals surface area contributed by atoms with Gasteiger partial charge in [-0.3, -0.25) is 4.79 Å². The number of rotatable bonds is 8. The molecular formula is C18H20ClNO3S. The van der Waals surface area contributed by atoms with Crippen LogP contribution in [-0.2, 0) is 4.79 Å². The minimum Gasteiger partial charge on any atom is -0.495 e. The van der Waals surface area contributed by atoms with E-state index in [-0.39, 0.29) is 5.91 Å².